The van der Waals surface area contributed by atoms with E-state index in [4.69, 9.17) is 10.7 Å². The topological polar surface area (TPSA) is 163 Å². The van der Waals surface area contributed by atoms with Gasteiger partial charge in [-0.3, -0.25) is 19.2 Å². The van der Waals surface area contributed by atoms with Crippen molar-refractivity contribution in [3.63, 3.8) is 0 Å². The van der Waals surface area contributed by atoms with Gasteiger partial charge in [0, 0.05) is 61.8 Å². The Labute approximate surface area is 312 Å². The first kappa shape index (κ1) is 39.5. The van der Waals surface area contributed by atoms with Crippen LogP contribution in [-0.2, 0) is 25.7 Å². The van der Waals surface area contributed by atoms with Crippen LogP contribution in [-0.4, -0.2) is 75.5 Å². The fourth-order valence-electron chi connectivity index (χ4n) is 6.32. The molecule has 5 N–H and O–H groups in total. The number of anilines is 2. The smallest absolute Gasteiger partial charge is 0.251 e. The highest BCUT2D eigenvalue weighted by molar-refractivity contribution is 6.04. The number of aliphatic hydroxyl groups excluding tert-OH is 1. The molecule has 4 amide bonds. The van der Waals surface area contributed by atoms with E-state index in [0.29, 0.717) is 30.3 Å². The van der Waals surface area contributed by atoms with Gasteiger partial charge in [0.15, 0.2) is 0 Å². The number of imidazole rings is 1. The van der Waals surface area contributed by atoms with Crippen molar-refractivity contribution in [3.8, 4) is 11.3 Å². The molecule has 0 unspecified atom stereocenters. The Balaban J connectivity index is 1.26. The predicted molar refractivity (Wildman–Crippen MR) is 201 cm³/mol. The Bertz CT molecular complexity index is 1990. The Kier molecular flexibility index (Phi) is 12.7. The second-order valence-electron chi connectivity index (χ2n) is 14.1. The molecule has 2 atom stereocenters. The molecule has 14 heteroatoms. The molecule has 5 rings (SSSR count). The number of hydrogen-bond donors (Lipinski definition) is 4. The van der Waals surface area contributed by atoms with Crippen LogP contribution in [0.5, 0.6) is 0 Å². The van der Waals surface area contributed by atoms with E-state index in [0.717, 1.165) is 23.8 Å². The van der Waals surface area contributed by atoms with Crippen molar-refractivity contribution in [2.75, 3.05) is 36.5 Å². The van der Waals surface area contributed by atoms with Crippen LogP contribution in [0.15, 0.2) is 91.1 Å². The molecule has 0 aliphatic carbocycles. The SMILES string of the molecule is CC(C)(C)[C@H](c1nc(-c2cc(F)ccc2F)cn1Cc1ccccc1)N(CC[C@H](N)C(=O)NCCC(=O)Nc1ccc(N2CC=CC2=O)cc1)C(=O)CO. The molecule has 0 fully saturated rings. The average Bonchev–Trinajstić information content (AvgIpc) is 3.76. The zero-order valence-corrected chi connectivity index (χ0v) is 30.5. The van der Waals surface area contributed by atoms with Crippen LogP contribution < -0.4 is 21.3 Å². The summed E-state index contributed by atoms with van der Waals surface area (Å²) >= 11 is 0. The van der Waals surface area contributed by atoms with E-state index in [1.807, 2.05) is 51.1 Å². The molecule has 1 aliphatic rings. The molecule has 1 aliphatic heterocycles. The fourth-order valence-corrected chi connectivity index (χ4v) is 6.32. The van der Waals surface area contributed by atoms with Crippen molar-refractivity contribution in [2.45, 2.75) is 52.2 Å². The van der Waals surface area contributed by atoms with Gasteiger partial charge in [-0.2, -0.15) is 0 Å². The van der Waals surface area contributed by atoms with Gasteiger partial charge in [0.1, 0.15) is 24.1 Å². The molecule has 2 heterocycles. The average molecular weight is 742 g/mol. The van der Waals surface area contributed by atoms with E-state index in [1.54, 1.807) is 46.0 Å². The number of carbonyl (C=O) groups is 4. The first-order valence-corrected chi connectivity index (χ1v) is 17.6. The monoisotopic (exact) mass is 741 g/mol. The lowest BCUT2D eigenvalue weighted by atomic mass is 9.84. The maximum Gasteiger partial charge on any atom is 0.251 e. The summed E-state index contributed by atoms with van der Waals surface area (Å²) in [5, 5.41) is 15.5. The summed E-state index contributed by atoms with van der Waals surface area (Å²) in [7, 11) is 0. The van der Waals surface area contributed by atoms with E-state index in [9.17, 15) is 33.1 Å². The number of amides is 4. The van der Waals surface area contributed by atoms with E-state index in [2.05, 4.69) is 10.6 Å². The summed E-state index contributed by atoms with van der Waals surface area (Å²) < 4.78 is 31.0. The predicted octanol–water partition coefficient (Wildman–Crippen LogP) is 4.55. The third kappa shape index (κ3) is 9.82. The van der Waals surface area contributed by atoms with Crippen molar-refractivity contribution in [1.82, 2.24) is 19.8 Å². The Morgan fingerprint density at radius 3 is 2.41 bits per heavy atom. The van der Waals surface area contributed by atoms with Crippen molar-refractivity contribution in [2.24, 2.45) is 11.1 Å². The van der Waals surface area contributed by atoms with E-state index in [1.165, 1.54) is 11.0 Å². The molecule has 12 nitrogen and oxygen atoms in total. The van der Waals surface area contributed by atoms with Crippen molar-refractivity contribution in [3.05, 3.63) is 114 Å². The molecular weight excluding hydrogens is 696 g/mol. The molecule has 0 saturated heterocycles. The van der Waals surface area contributed by atoms with Crippen molar-refractivity contribution < 1.29 is 33.1 Å². The minimum absolute atomic E-state index is 0.00249. The summed E-state index contributed by atoms with van der Waals surface area (Å²) in [6, 6.07) is 17.5. The zero-order chi connectivity index (χ0) is 39.0. The summed E-state index contributed by atoms with van der Waals surface area (Å²) in [6.45, 7) is 5.57. The number of hydrogen-bond acceptors (Lipinski definition) is 7. The molecule has 0 spiro atoms. The summed E-state index contributed by atoms with van der Waals surface area (Å²) in [5.74, 6) is -2.55. The normalized spacial score (nSPS) is 13.8. The summed E-state index contributed by atoms with van der Waals surface area (Å²) in [6.07, 6.45) is 4.85. The number of rotatable bonds is 15. The van der Waals surface area contributed by atoms with Crippen LogP contribution in [0.4, 0.5) is 20.2 Å². The third-order valence-corrected chi connectivity index (χ3v) is 8.99. The van der Waals surface area contributed by atoms with Gasteiger partial charge >= 0.3 is 0 Å². The number of nitrogens with zero attached hydrogens (tertiary/aromatic N) is 4. The lowest BCUT2D eigenvalue weighted by Gasteiger charge is -2.40. The molecule has 3 aromatic carbocycles. The van der Waals surface area contributed by atoms with Gasteiger partial charge in [-0.1, -0.05) is 57.2 Å². The first-order chi connectivity index (χ1) is 25.7. The highest BCUT2D eigenvalue weighted by Crippen LogP contribution is 2.39. The lowest BCUT2D eigenvalue weighted by molar-refractivity contribution is -0.140. The zero-order valence-electron chi connectivity index (χ0n) is 30.5. The van der Waals surface area contributed by atoms with Gasteiger partial charge in [-0.25, -0.2) is 13.8 Å². The van der Waals surface area contributed by atoms with E-state index >= 15 is 0 Å². The molecule has 4 aromatic rings. The molecule has 54 heavy (non-hydrogen) atoms. The minimum Gasteiger partial charge on any atom is -0.387 e. The van der Waals surface area contributed by atoms with Gasteiger partial charge in [-0.15, -0.1) is 0 Å². The number of nitrogens with one attached hydrogen (secondary N) is 2. The van der Waals surface area contributed by atoms with Gasteiger partial charge in [0.25, 0.3) is 5.91 Å². The van der Waals surface area contributed by atoms with Crippen LogP contribution >= 0.6 is 0 Å². The number of nitrogens with two attached hydrogens (primary N) is 1. The number of carbonyl (C=O) groups excluding carboxylic acids is 4. The van der Waals surface area contributed by atoms with Gasteiger partial charge < -0.3 is 35.8 Å². The summed E-state index contributed by atoms with van der Waals surface area (Å²) in [4.78, 5) is 58.7. The van der Waals surface area contributed by atoms with Crippen LogP contribution in [0.1, 0.15) is 51.0 Å². The maximum absolute atomic E-state index is 15.0. The second kappa shape index (κ2) is 17.4. The lowest BCUT2D eigenvalue weighted by Crippen LogP contribution is -2.48. The minimum atomic E-state index is -1.07. The molecule has 1 aromatic heterocycles. The molecular formula is C40H45F2N7O5. The van der Waals surface area contributed by atoms with Crippen LogP contribution in [0.2, 0.25) is 0 Å². The Morgan fingerprint density at radius 2 is 1.76 bits per heavy atom. The number of halogens is 2. The Morgan fingerprint density at radius 1 is 1.04 bits per heavy atom. The van der Waals surface area contributed by atoms with Crippen molar-refractivity contribution >= 4 is 35.0 Å². The second-order valence-corrected chi connectivity index (χ2v) is 14.1. The van der Waals surface area contributed by atoms with Gasteiger partial charge in [0.2, 0.25) is 17.7 Å². The van der Waals surface area contributed by atoms with Crippen LogP contribution in [0, 0.1) is 17.0 Å². The van der Waals surface area contributed by atoms with Crippen LogP contribution in [0.25, 0.3) is 11.3 Å². The van der Waals surface area contributed by atoms with Gasteiger partial charge in [0.05, 0.1) is 17.8 Å². The van der Waals surface area contributed by atoms with Crippen molar-refractivity contribution in [1.29, 1.82) is 0 Å². The standard InChI is InChI=1S/C40H45F2N7O5/c1-40(2,3)37(38-46-33(30-22-27(41)11-16-31(30)42)24-47(38)23-26-8-5-4-6-9-26)49(36(53)25-50)21-18-32(43)39(54)44-19-17-34(51)45-28-12-14-29(15-13-28)48-20-7-10-35(48)52/h4-16,22,24,32,37,50H,17-21,23,25,43H2,1-3H3,(H,44,54)(H,45,51)/t32-,37-/m0/s1. The Hall–Kier alpha value is -5.73. The van der Waals surface area contributed by atoms with E-state index in [-0.39, 0.29) is 49.0 Å². The molecule has 0 saturated carbocycles. The first-order valence-electron chi connectivity index (χ1n) is 17.6. The molecule has 0 radical (unpaired) electrons. The molecule has 0 bridgehead atoms. The summed E-state index contributed by atoms with van der Waals surface area (Å²) in [5.41, 5.74) is 7.82. The largest absolute Gasteiger partial charge is 0.387 e. The number of benzene rings is 3. The highest BCUT2D eigenvalue weighted by atomic mass is 19.1. The number of aliphatic hydroxyl groups is 1. The quantitative estimate of drug-likeness (QED) is 0.139. The highest BCUT2D eigenvalue weighted by Gasteiger charge is 2.38. The molecule has 284 valence electrons. The third-order valence-electron chi connectivity index (χ3n) is 8.99. The maximum atomic E-state index is 15.0. The number of aromatic nitrogens is 2. The van der Waals surface area contributed by atoms with Crippen LogP contribution in [0.3, 0.4) is 0 Å². The van der Waals surface area contributed by atoms with E-state index < -0.39 is 47.6 Å². The fraction of sp³-hybridized carbons (Fsp3) is 0.325. The van der Waals surface area contributed by atoms with Gasteiger partial charge in [-0.05, 0) is 59.9 Å².